The van der Waals surface area contributed by atoms with E-state index < -0.39 is 0 Å². The quantitative estimate of drug-likeness (QED) is 0.787. The molecule has 0 aromatic heterocycles. The highest BCUT2D eigenvalue weighted by Crippen LogP contribution is 2.48. The van der Waals surface area contributed by atoms with Crippen LogP contribution in [-0.4, -0.2) is 56.0 Å². The Morgan fingerprint density at radius 1 is 1.17 bits per heavy atom. The molecule has 2 saturated carbocycles. The van der Waals surface area contributed by atoms with Gasteiger partial charge in [0.05, 0.1) is 5.92 Å². The van der Waals surface area contributed by atoms with Crippen LogP contribution >= 0.6 is 0 Å². The lowest BCUT2D eigenvalue weighted by Gasteiger charge is -2.31. The molecule has 104 valence electrons. The minimum absolute atomic E-state index is 0.105. The normalized spacial score (nSPS) is 34.3. The molecule has 18 heavy (non-hydrogen) atoms. The SMILES string of the molecule is CN(C)CCCN(C)C(=O)C1C2CCC(C2)C1N. The minimum Gasteiger partial charge on any atom is -0.345 e. The lowest BCUT2D eigenvalue weighted by molar-refractivity contribution is -0.136. The predicted molar refractivity (Wildman–Crippen MR) is 73.1 cm³/mol. The molecule has 0 aromatic carbocycles. The molecular weight excluding hydrogens is 226 g/mol. The molecule has 0 heterocycles. The van der Waals surface area contributed by atoms with Gasteiger partial charge < -0.3 is 15.5 Å². The number of nitrogens with two attached hydrogens (primary N) is 1. The minimum atomic E-state index is 0.105. The van der Waals surface area contributed by atoms with E-state index in [0.29, 0.717) is 11.8 Å². The molecule has 4 heteroatoms. The Balaban J connectivity index is 1.83. The van der Waals surface area contributed by atoms with Crippen molar-refractivity contribution in [2.45, 2.75) is 31.7 Å². The highest BCUT2D eigenvalue weighted by Gasteiger charge is 2.49. The van der Waals surface area contributed by atoms with Crippen molar-refractivity contribution in [3.05, 3.63) is 0 Å². The maximum absolute atomic E-state index is 12.5. The van der Waals surface area contributed by atoms with Crippen molar-refractivity contribution in [2.24, 2.45) is 23.5 Å². The van der Waals surface area contributed by atoms with Crippen molar-refractivity contribution in [3.63, 3.8) is 0 Å². The average molecular weight is 253 g/mol. The molecule has 2 N–H and O–H groups in total. The summed E-state index contributed by atoms with van der Waals surface area (Å²) in [5, 5.41) is 0. The number of rotatable bonds is 5. The van der Waals surface area contributed by atoms with Crippen molar-refractivity contribution >= 4 is 5.91 Å². The van der Waals surface area contributed by atoms with Gasteiger partial charge in [0.2, 0.25) is 5.91 Å². The molecule has 2 aliphatic rings. The Hall–Kier alpha value is -0.610. The molecule has 0 aliphatic heterocycles. The zero-order valence-corrected chi connectivity index (χ0v) is 11.9. The largest absolute Gasteiger partial charge is 0.345 e. The summed E-state index contributed by atoms with van der Waals surface area (Å²) < 4.78 is 0. The summed E-state index contributed by atoms with van der Waals surface area (Å²) in [6.45, 7) is 1.87. The molecule has 0 radical (unpaired) electrons. The molecule has 1 amide bonds. The van der Waals surface area contributed by atoms with E-state index in [1.807, 2.05) is 11.9 Å². The molecule has 4 unspecified atom stereocenters. The third-order valence-electron chi connectivity index (χ3n) is 4.74. The van der Waals surface area contributed by atoms with Gasteiger partial charge in [-0.05, 0) is 58.2 Å². The van der Waals surface area contributed by atoms with Gasteiger partial charge in [-0.3, -0.25) is 4.79 Å². The topological polar surface area (TPSA) is 49.6 Å². The Kier molecular flexibility index (Phi) is 4.28. The van der Waals surface area contributed by atoms with Crippen molar-refractivity contribution in [1.29, 1.82) is 0 Å². The Bertz CT molecular complexity index is 303. The summed E-state index contributed by atoms with van der Waals surface area (Å²) in [5.74, 6) is 1.56. The van der Waals surface area contributed by atoms with Crippen LogP contribution in [0.15, 0.2) is 0 Å². The van der Waals surface area contributed by atoms with Crippen LogP contribution in [0.25, 0.3) is 0 Å². The van der Waals surface area contributed by atoms with Crippen LogP contribution in [0.4, 0.5) is 0 Å². The highest BCUT2D eigenvalue weighted by molar-refractivity contribution is 5.80. The zero-order chi connectivity index (χ0) is 13.3. The predicted octanol–water partition coefficient (Wildman–Crippen LogP) is 0.770. The van der Waals surface area contributed by atoms with Gasteiger partial charge in [-0.25, -0.2) is 0 Å². The van der Waals surface area contributed by atoms with Gasteiger partial charge in [-0.2, -0.15) is 0 Å². The Labute approximate surface area is 110 Å². The lowest BCUT2D eigenvalue weighted by Crippen LogP contribution is -2.46. The summed E-state index contributed by atoms with van der Waals surface area (Å²) in [5.41, 5.74) is 6.22. The molecule has 4 nitrogen and oxygen atoms in total. The number of hydrogen-bond acceptors (Lipinski definition) is 3. The summed E-state index contributed by atoms with van der Waals surface area (Å²) >= 11 is 0. The number of amides is 1. The number of carbonyl (C=O) groups is 1. The molecule has 2 fully saturated rings. The van der Waals surface area contributed by atoms with Crippen LogP contribution in [0.2, 0.25) is 0 Å². The molecule has 4 atom stereocenters. The van der Waals surface area contributed by atoms with Crippen LogP contribution in [-0.2, 0) is 4.79 Å². The van der Waals surface area contributed by atoms with Gasteiger partial charge in [0, 0.05) is 19.6 Å². The Morgan fingerprint density at radius 2 is 1.83 bits per heavy atom. The van der Waals surface area contributed by atoms with Crippen molar-refractivity contribution in [3.8, 4) is 0 Å². The number of hydrogen-bond donors (Lipinski definition) is 1. The molecule has 2 aliphatic carbocycles. The first kappa shape index (κ1) is 13.8. The van der Waals surface area contributed by atoms with E-state index >= 15 is 0 Å². The maximum Gasteiger partial charge on any atom is 0.227 e. The third kappa shape index (κ3) is 2.69. The standard InChI is InChI=1S/C14H27N3O/c1-16(2)7-4-8-17(3)14(18)12-10-5-6-11(9-10)13(12)15/h10-13H,4-9,15H2,1-3H3. The van der Waals surface area contributed by atoms with Crippen LogP contribution in [0.5, 0.6) is 0 Å². The van der Waals surface area contributed by atoms with Gasteiger partial charge in [-0.1, -0.05) is 0 Å². The van der Waals surface area contributed by atoms with E-state index in [0.717, 1.165) is 19.5 Å². The second kappa shape index (κ2) is 5.57. The van der Waals surface area contributed by atoms with Crippen LogP contribution in [0.3, 0.4) is 0 Å². The van der Waals surface area contributed by atoms with Crippen LogP contribution in [0, 0.1) is 17.8 Å². The average Bonchev–Trinajstić information content (AvgIpc) is 2.88. The van der Waals surface area contributed by atoms with E-state index in [1.165, 1.54) is 19.3 Å². The van der Waals surface area contributed by atoms with Crippen LogP contribution in [0.1, 0.15) is 25.7 Å². The fraction of sp³-hybridized carbons (Fsp3) is 0.929. The fourth-order valence-electron chi connectivity index (χ4n) is 3.69. The van der Waals surface area contributed by atoms with E-state index in [4.69, 9.17) is 5.73 Å². The van der Waals surface area contributed by atoms with Gasteiger partial charge in [0.15, 0.2) is 0 Å². The van der Waals surface area contributed by atoms with E-state index in [2.05, 4.69) is 19.0 Å². The maximum atomic E-state index is 12.5. The van der Waals surface area contributed by atoms with Gasteiger partial charge >= 0.3 is 0 Å². The van der Waals surface area contributed by atoms with E-state index in [9.17, 15) is 4.79 Å². The number of fused-ring (bicyclic) bond motifs is 2. The van der Waals surface area contributed by atoms with Gasteiger partial charge in [0.1, 0.15) is 0 Å². The summed E-state index contributed by atoms with van der Waals surface area (Å²) in [6.07, 6.45) is 4.66. The second-order valence-corrected chi connectivity index (χ2v) is 6.35. The number of nitrogens with zero attached hydrogens (tertiary/aromatic N) is 2. The van der Waals surface area contributed by atoms with E-state index in [1.54, 1.807) is 0 Å². The van der Waals surface area contributed by atoms with Crippen molar-refractivity contribution in [1.82, 2.24) is 9.80 Å². The Morgan fingerprint density at radius 3 is 2.39 bits per heavy atom. The van der Waals surface area contributed by atoms with Gasteiger partial charge in [-0.15, -0.1) is 0 Å². The summed E-state index contributed by atoms with van der Waals surface area (Å²) in [4.78, 5) is 16.5. The van der Waals surface area contributed by atoms with Gasteiger partial charge in [0.25, 0.3) is 0 Å². The summed E-state index contributed by atoms with van der Waals surface area (Å²) in [6, 6.07) is 0.118. The first-order valence-electron chi connectivity index (χ1n) is 7.16. The third-order valence-corrected chi connectivity index (χ3v) is 4.74. The molecule has 0 aromatic rings. The molecular formula is C14H27N3O. The molecule has 2 bridgehead atoms. The molecule has 2 rings (SSSR count). The first-order valence-corrected chi connectivity index (χ1v) is 7.16. The lowest BCUT2D eigenvalue weighted by atomic mass is 9.84. The molecule has 0 saturated heterocycles. The van der Waals surface area contributed by atoms with E-state index in [-0.39, 0.29) is 17.9 Å². The monoisotopic (exact) mass is 253 g/mol. The number of carbonyl (C=O) groups excluding carboxylic acids is 1. The zero-order valence-electron chi connectivity index (χ0n) is 11.9. The second-order valence-electron chi connectivity index (χ2n) is 6.35. The van der Waals surface area contributed by atoms with Crippen molar-refractivity contribution < 1.29 is 4.79 Å². The summed E-state index contributed by atoms with van der Waals surface area (Å²) in [7, 11) is 6.05. The fourth-order valence-corrected chi connectivity index (χ4v) is 3.69. The first-order chi connectivity index (χ1) is 8.50. The highest BCUT2D eigenvalue weighted by atomic mass is 16.2. The smallest absolute Gasteiger partial charge is 0.227 e. The van der Waals surface area contributed by atoms with Crippen LogP contribution < -0.4 is 5.73 Å². The molecule has 0 spiro atoms. The van der Waals surface area contributed by atoms with Crippen molar-refractivity contribution in [2.75, 3.05) is 34.2 Å².